The standard InChI is InChI=1S/C19H28Cl2N2O4/c1-19(2,3)27-18(26)22-15(13-17(24)25)11-14-5-4-6-16(12-14)23(9-7-20)10-8-21/h4-6,12,15H,7-11,13H2,1-3H3,(H,22,26)(H,24,25)/t15-/m1/s1. The lowest BCUT2D eigenvalue weighted by Gasteiger charge is -2.25. The van der Waals surface area contributed by atoms with Crippen LogP contribution < -0.4 is 10.2 Å². The average molecular weight is 419 g/mol. The second-order valence-corrected chi connectivity index (χ2v) is 7.94. The molecule has 8 heteroatoms. The second kappa shape index (κ2) is 11.2. The molecule has 27 heavy (non-hydrogen) atoms. The highest BCUT2D eigenvalue weighted by Crippen LogP contribution is 2.18. The maximum atomic E-state index is 12.0. The molecule has 0 aliphatic carbocycles. The molecule has 0 aliphatic heterocycles. The van der Waals surface area contributed by atoms with Crippen molar-refractivity contribution >= 4 is 41.0 Å². The lowest BCUT2D eigenvalue weighted by atomic mass is 10.0. The summed E-state index contributed by atoms with van der Waals surface area (Å²) in [7, 11) is 0. The number of carboxylic acids is 1. The van der Waals surface area contributed by atoms with Crippen LogP contribution in [0.3, 0.4) is 0 Å². The number of nitrogens with one attached hydrogen (secondary N) is 1. The number of hydrogen-bond acceptors (Lipinski definition) is 4. The molecule has 0 bridgehead atoms. The van der Waals surface area contributed by atoms with Gasteiger partial charge in [-0.05, 0) is 44.9 Å². The third-order valence-corrected chi connectivity index (χ3v) is 3.95. The van der Waals surface area contributed by atoms with Crippen molar-refractivity contribution < 1.29 is 19.4 Å². The molecular formula is C19H28Cl2N2O4. The number of alkyl halides is 2. The molecule has 1 rings (SSSR count). The van der Waals surface area contributed by atoms with Gasteiger partial charge in [0.25, 0.3) is 0 Å². The van der Waals surface area contributed by atoms with Crippen molar-refractivity contribution in [1.29, 1.82) is 0 Å². The quantitative estimate of drug-likeness (QED) is 0.563. The number of carboxylic acid groups (broad SMARTS) is 1. The van der Waals surface area contributed by atoms with E-state index in [9.17, 15) is 9.59 Å². The van der Waals surface area contributed by atoms with E-state index in [0.717, 1.165) is 11.3 Å². The molecule has 0 aliphatic rings. The zero-order valence-corrected chi connectivity index (χ0v) is 17.5. The SMILES string of the molecule is CC(C)(C)OC(=O)N[C@@H](CC(=O)O)Cc1cccc(N(CCCl)CCCl)c1. The Kier molecular flexibility index (Phi) is 9.74. The van der Waals surface area contributed by atoms with Gasteiger partial charge in [0.2, 0.25) is 0 Å². The maximum Gasteiger partial charge on any atom is 0.407 e. The molecule has 1 aromatic carbocycles. The molecule has 2 N–H and O–H groups in total. The van der Waals surface area contributed by atoms with E-state index >= 15 is 0 Å². The highest BCUT2D eigenvalue weighted by Gasteiger charge is 2.21. The summed E-state index contributed by atoms with van der Waals surface area (Å²) >= 11 is 11.7. The number of carbonyl (C=O) groups excluding carboxylic acids is 1. The van der Waals surface area contributed by atoms with Gasteiger partial charge >= 0.3 is 12.1 Å². The number of benzene rings is 1. The molecule has 0 heterocycles. The summed E-state index contributed by atoms with van der Waals surface area (Å²) in [4.78, 5) is 25.3. The van der Waals surface area contributed by atoms with Gasteiger partial charge in [-0.25, -0.2) is 4.79 Å². The average Bonchev–Trinajstić information content (AvgIpc) is 2.52. The molecule has 6 nitrogen and oxygen atoms in total. The van der Waals surface area contributed by atoms with Gasteiger partial charge in [-0.1, -0.05) is 12.1 Å². The van der Waals surface area contributed by atoms with Crippen molar-refractivity contribution in [2.45, 2.75) is 45.3 Å². The van der Waals surface area contributed by atoms with Gasteiger partial charge in [-0.15, -0.1) is 23.2 Å². The summed E-state index contributed by atoms with van der Waals surface area (Å²) in [6, 6.07) is 7.13. The minimum absolute atomic E-state index is 0.198. The summed E-state index contributed by atoms with van der Waals surface area (Å²) in [5, 5.41) is 11.8. The zero-order chi connectivity index (χ0) is 20.4. The number of nitrogens with zero attached hydrogens (tertiary/aromatic N) is 1. The van der Waals surface area contributed by atoms with E-state index in [4.69, 9.17) is 33.0 Å². The predicted octanol–water partition coefficient (Wildman–Crippen LogP) is 3.88. The van der Waals surface area contributed by atoms with E-state index in [0.29, 0.717) is 31.3 Å². The van der Waals surface area contributed by atoms with Crippen molar-refractivity contribution in [3.05, 3.63) is 29.8 Å². The number of alkyl carbamates (subject to hydrolysis) is 1. The largest absolute Gasteiger partial charge is 0.481 e. The molecule has 0 saturated carbocycles. The van der Waals surface area contributed by atoms with Crippen molar-refractivity contribution in [1.82, 2.24) is 5.32 Å². The second-order valence-electron chi connectivity index (χ2n) is 7.18. The first kappa shape index (κ1) is 23.4. The monoisotopic (exact) mass is 418 g/mol. The molecule has 0 saturated heterocycles. The van der Waals surface area contributed by atoms with Crippen molar-refractivity contribution in [2.24, 2.45) is 0 Å². The first-order valence-electron chi connectivity index (χ1n) is 8.81. The van der Waals surface area contributed by atoms with Crippen LogP contribution in [0.2, 0.25) is 0 Å². The number of hydrogen-bond donors (Lipinski definition) is 2. The Bertz CT molecular complexity index is 614. The summed E-state index contributed by atoms with van der Waals surface area (Å²) in [5.74, 6) is -0.0375. The molecule has 0 radical (unpaired) electrons. The minimum Gasteiger partial charge on any atom is -0.481 e. The van der Waals surface area contributed by atoms with E-state index in [1.807, 2.05) is 24.3 Å². The van der Waals surface area contributed by atoms with Crippen LogP contribution in [0.25, 0.3) is 0 Å². The van der Waals surface area contributed by atoms with Crippen LogP contribution in [0.1, 0.15) is 32.8 Å². The smallest absolute Gasteiger partial charge is 0.407 e. The maximum absolute atomic E-state index is 12.0. The lowest BCUT2D eigenvalue weighted by molar-refractivity contribution is -0.137. The molecular weight excluding hydrogens is 391 g/mol. The fourth-order valence-corrected chi connectivity index (χ4v) is 3.01. The Morgan fingerprint density at radius 3 is 2.37 bits per heavy atom. The first-order valence-corrected chi connectivity index (χ1v) is 9.88. The summed E-state index contributed by atoms with van der Waals surface area (Å²) in [5.41, 5.74) is 1.21. The van der Waals surface area contributed by atoms with E-state index in [-0.39, 0.29) is 6.42 Å². The van der Waals surface area contributed by atoms with Gasteiger partial charge in [-0.3, -0.25) is 4.79 Å². The number of anilines is 1. The van der Waals surface area contributed by atoms with Crippen LogP contribution in [-0.2, 0) is 16.0 Å². The Balaban J connectivity index is 2.89. The molecule has 1 amide bonds. The minimum atomic E-state index is -0.988. The number of carbonyl (C=O) groups is 2. The van der Waals surface area contributed by atoms with Crippen LogP contribution in [0.15, 0.2) is 24.3 Å². The van der Waals surface area contributed by atoms with E-state index in [2.05, 4.69) is 10.2 Å². The molecule has 1 atom stereocenters. The predicted molar refractivity (Wildman–Crippen MR) is 109 cm³/mol. The van der Waals surface area contributed by atoms with Gasteiger partial charge in [0, 0.05) is 36.6 Å². The normalized spacial score (nSPS) is 12.3. The van der Waals surface area contributed by atoms with Gasteiger partial charge in [-0.2, -0.15) is 0 Å². The summed E-state index contributed by atoms with van der Waals surface area (Å²) < 4.78 is 5.23. The summed E-state index contributed by atoms with van der Waals surface area (Å²) in [6.45, 7) is 6.58. The van der Waals surface area contributed by atoms with Crippen molar-refractivity contribution in [2.75, 3.05) is 29.7 Å². The lowest BCUT2D eigenvalue weighted by Crippen LogP contribution is -2.41. The molecule has 0 fully saturated rings. The third-order valence-electron chi connectivity index (χ3n) is 3.61. The van der Waals surface area contributed by atoms with E-state index in [1.165, 1.54) is 0 Å². The highest BCUT2D eigenvalue weighted by atomic mass is 35.5. The van der Waals surface area contributed by atoms with Crippen LogP contribution in [0, 0.1) is 0 Å². The number of amides is 1. The van der Waals surface area contributed by atoms with Gasteiger partial charge < -0.3 is 20.1 Å². The Morgan fingerprint density at radius 1 is 1.22 bits per heavy atom. The molecule has 0 aromatic heterocycles. The topological polar surface area (TPSA) is 78.9 Å². The Morgan fingerprint density at radius 2 is 1.85 bits per heavy atom. The van der Waals surface area contributed by atoms with Crippen molar-refractivity contribution in [3.8, 4) is 0 Å². The molecule has 1 aromatic rings. The molecule has 0 spiro atoms. The van der Waals surface area contributed by atoms with Crippen LogP contribution >= 0.6 is 23.2 Å². The van der Waals surface area contributed by atoms with E-state index in [1.54, 1.807) is 20.8 Å². The van der Waals surface area contributed by atoms with Crippen molar-refractivity contribution in [3.63, 3.8) is 0 Å². The first-order chi connectivity index (χ1) is 12.6. The number of ether oxygens (including phenoxy) is 1. The third kappa shape index (κ3) is 9.73. The Labute approximate surface area is 170 Å². The number of rotatable bonds is 10. The molecule has 0 unspecified atom stereocenters. The molecule has 152 valence electrons. The summed E-state index contributed by atoms with van der Waals surface area (Å²) in [6.07, 6.45) is -0.457. The van der Waals surface area contributed by atoms with Crippen LogP contribution in [-0.4, -0.2) is 53.7 Å². The fourth-order valence-electron chi connectivity index (χ4n) is 2.60. The van der Waals surface area contributed by atoms with Crippen LogP contribution in [0.4, 0.5) is 10.5 Å². The van der Waals surface area contributed by atoms with Gasteiger partial charge in [0.15, 0.2) is 0 Å². The number of aliphatic carboxylic acids is 1. The van der Waals surface area contributed by atoms with Gasteiger partial charge in [0.05, 0.1) is 6.42 Å². The number of halogens is 2. The van der Waals surface area contributed by atoms with Gasteiger partial charge in [0.1, 0.15) is 5.60 Å². The highest BCUT2D eigenvalue weighted by molar-refractivity contribution is 6.18. The van der Waals surface area contributed by atoms with Crippen LogP contribution in [0.5, 0.6) is 0 Å². The fraction of sp³-hybridized carbons (Fsp3) is 0.579. The zero-order valence-electron chi connectivity index (χ0n) is 16.0. The van der Waals surface area contributed by atoms with E-state index < -0.39 is 23.7 Å². The Hall–Kier alpha value is -1.66.